The second-order valence-corrected chi connectivity index (χ2v) is 11.9. The molecule has 4 saturated carbocycles. The average Bonchev–Trinajstić information content (AvgIpc) is 2.93. The normalized spacial score (nSPS) is 50.9. The molecule has 0 unspecified atom stereocenters. The van der Waals surface area contributed by atoms with Crippen molar-refractivity contribution in [1.82, 2.24) is 0 Å². The lowest BCUT2D eigenvalue weighted by molar-refractivity contribution is -0.160. The molecule has 0 aromatic heterocycles. The Balaban J connectivity index is 1.59. The van der Waals surface area contributed by atoms with Crippen LogP contribution in [0.4, 0.5) is 0 Å². The predicted molar refractivity (Wildman–Crippen MR) is 110 cm³/mol. The van der Waals surface area contributed by atoms with Gasteiger partial charge in [-0.05, 0) is 97.7 Å². The highest BCUT2D eigenvalue weighted by molar-refractivity contribution is 5.83. The third-order valence-electron chi connectivity index (χ3n) is 10.0. The van der Waals surface area contributed by atoms with Gasteiger partial charge in [-0.3, -0.25) is 4.79 Å². The highest BCUT2D eigenvalue weighted by Crippen LogP contribution is 2.67. The Morgan fingerprint density at radius 1 is 1.00 bits per heavy atom. The Bertz CT molecular complexity index is 583. The molecule has 4 fully saturated rings. The van der Waals surface area contributed by atoms with Crippen LogP contribution in [0.25, 0.3) is 0 Å². The average molecular weight is 375 g/mol. The van der Waals surface area contributed by atoms with Gasteiger partial charge in [-0.25, -0.2) is 0 Å². The maximum atomic E-state index is 13.2. The summed E-state index contributed by atoms with van der Waals surface area (Å²) in [5.41, 5.74) is 0.606. The number of ketones is 1. The maximum Gasteiger partial charge on any atom is 0.136 e. The summed E-state index contributed by atoms with van der Waals surface area (Å²) in [5.74, 6) is 5.13. The molecule has 0 spiro atoms. The Morgan fingerprint density at radius 3 is 2.37 bits per heavy atom. The molecule has 154 valence electrons. The molecule has 0 bridgehead atoms. The standard InChI is InChI=1S/C25H42O2/c1-15(2)12-16(3)19-6-7-20-18-14-23(27)22-13-17(26)8-10-25(22,5)21(18)9-11-24(19,20)4/h15-22,26H,6-14H2,1-5H3/t16-,17-,18+,19-,20+,21+,22-,24-,25-/m1/s1. The van der Waals surface area contributed by atoms with E-state index in [1.165, 1.54) is 32.1 Å². The molecule has 4 aliphatic carbocycles. The molecule has 0 amide bonds. The zero-order chi connectivity index (χ0) is 19.6. The third-order valence-corrected chi connectivity index (χ3v) is 10.0. The second-order valence-electron chi connectivity index (χ2n) is 11.9. The number of aliphatic hydroxyl groups is 1. The molecule has 0 heterocycles. The Morgan fingerprint density at radius 2 is 1.67 bits per heavy atom. The first kappa shape index (κ1) is 19.9. The molecule has 0 saturated heterocycles. The van der Waals surface area contributed by atoms with Crippen molar-refractivity contribution in [3.8, 4) is 0 Å². The summed E-state index contributed by atoms with van der Waals surface area (Å²) < 4.78 is 0. The molecule has 9 atom stereocenters. The van der Waals surface area contributed by atoms with E-state index in [1.807, 2.05) is 0 Å². The van der Waals surface area contributed by atoms with Crippen molar-refractivity contribution in [3.63, 3.8) is 0 Å². The number of hydrogen-bond donors (Lipinski definition) is 1. The van der Waals surface area contributed by atoms with Crippen molar-refractivity contribution in [2.75, 3.05) is 0 Å². The lowest BCUT2D eigenvalue weighted by Crippen LogP contribution is -2.57. The molecule has 4 rings (SSSR count). The summed E-state index contributed by atoms with van der Waals surface area (Å²) in [6, 6.07) is 0. The quantitative estimate of drug-likeness (QED) is 0.671. The van der Waals surface area contributed by atoms with Gasteiger partial charge in [-0.15, -0.1) is 0 Å². The SMILES string of the molecule is CC(C)C[C@@H](C)[C@H]1CC[C@H]2[C@@H]3CC(=O)[C@H]4C[C@H](O)CC[C@]4(C)[C@H]3CC[C@]12C. The van der Waals surface area contributed by atoms with Crippen molar-refractivity contribution < 1.29 is 9.90 Å². The first-order chi connectivity index (χ1) is 12.7. The lowest BCUT2D eigenvalue weighted by atomic mass is 9.44. The number of rotatable bonds is 3. The fraction of sp³-hybridized carbons (Fsp3) is 0.960. The van der Waals surface area contributed by atoms with Crippen molar-refractivity contribution in [2.24, 2.45) is 52.3 Å². The monoisotopic (exact) mass is 374 g/mol. The molecular formula is C25H42O2. The van der Waals surface area contributed by atoms with E-state index >= 15 is 0 Å². The van der Waals surface area contributed by atoms with Gasteiger partial charge in [0, 0.05) is 12.3 Å². The van der Waals surface area contributed by atoms with E-state index in [4.69, 9.17) is 0 Å². The number of fused-ring (bicyclic) bond motifs is 5. The highest BCUT2D eigenvalue weighted by atomic mass is 16.3. The van der Waals surface area contributed by atoms with Gasteiger partial charge in [0.15, 0.2) is 0 Å². The molecule has 1 N–H and O–H groups in total. The Hall–Kier alpha value is -0.370. The minimum atomic E-state index is -0.245. The summed E-state index contributed by atoms with van der Waals surface area (Å²) in [6.07, 6.45) is 10.0. The molecular weight excluding hydrogens is 332 g/mol. The summed E-state index contributed by atoms with van der Waals surface area (Å²) >= 11 is 0. The molecule has 2 nitrogen and oxygen atoms in total. The van der Waals surface area contributed by atoms with Crippen LogP contribution < -0.4 is 0 Å². The van der Waals surface area contributed by atoms with Crippen LogP contribution in [0.3, 0.4) is 0 Å². The van der Waals surface area contributed by atoms with E-state index in [2.05, 4.69) is 34.6 Å². The number of carbonyl (C=O) groups is 1. The number of carbonyl (C=O) groups excluding carboxylic acids is 1. The third kappa shape index (κ3) is 3.04. The van der Waals surface area contributed by atoms with Gasteiger partial charge in [0.25, 0.3) is 0 Å². The fourth-order valence-corrected chi connectivity index (χ4v) is 8.90. The van der Waals surface area contributed by atoms with Crippen LogP contribution in [0.1, 0.15) is 92.4 Å². The molecule has 4 aliphatic rings. The van der Waals surface area contributed by atoms with Gasteiger partial charge < -0.3 is 5.11 Å². The van der Waals surface area contributed by atoms with Crippen LogP contribution in [-0.4, -0.2) is 17.0 Å². The first-order valence-electron chi connectivity index (χ1n) is 11.9. The van der Waals surface area contributed by atoms with Crippen molar-refractivity contribution in [1.29, 1.82) is 0 Å². The molecule has 0 aliphatic heterocycles. The lowest BCUT2D eigenvalue weighted by Gasteiger charge is -2.60. The maximum absolute atomic E-state index is 13.2. The minimum absolute atomic E-state index is 0.129. The largest absolute Gasteiger partial charge is 0.393 e. The van der Waals surface area contributed by atoms with E-state index in [0.717, 1.165) is 49.4 Å². The van der Waals surface area contributed by atoms with E-state index in [0.29, 0.717) is 23.0 Å². The van der Waals surface area contributed by atoms with Gasteiger partial charge in [0.1, 0.15) is 5.78 Å². The minimum Gasteiger partial charge on any atom is -0.393 e. The van der Waals surface area contributed by atoms with Crippen LogP contribution in [0.2, 0.25) is 0 Å². The van der Waals surface area contributed by atoms with Crippen molar-refractivity contribution in [2.45, 2.75) is 98.5 Å². The van der Waals surface area contributed by atoms with Gasteiger partial charge >= 0.3 is 0 Å². The zero-order valence-electron chi connectivity index (χ0n) is 18.3. The van der Waals surface area contributed by atoms with Crippen molar-refractivity contribution in [3.05, 3.63) is 0 Å². The van der Waals surface area contributed by atoms with Crippen LogP contribution in [0, 0.1) is 52.3 Å². The van der Waals surface area contributed by atoms with Crippen LogP contribution in [0.5, 0.6) is 0 Å². The van der Waals surface area contributed by atoms with Crippen LogP contribution in [-0.2, 0) is 4.79 Å². The Kier molecular flexibility index (Phi) is 5.06. The summed E-state index contributed by atoms with van der Waals surface area (Å²) in [7, 11) is 0. The van der Waals surface area contributed by atoms with E-state index < -0.39 is 0 Å². The summed E-state index contributed by atoms with van der Waals surface area (Å²) in [6.45, 7) is 12.2. The molecule has 0 aromatic carbocycles. The van der Waals surface area contributed by atoms with Gasteiger partial charge in [0.2, 0.25) is 0 Å². The molecule has 0 aromatic rings. The number of aliphatic hydroxyl groups excluding tert-OH is 1. The summed E-state index contributed by atoms with van der Waals surface area (Å²) in [4.78, 5) is 13.2. The number of Topliss-reactive ketones (excluding diaryl/α,β-unsaturated/α-hetero) is 1. The molecule has 27 heavy (non-hydrogen) atoms. The Labute approximate surface area is 166 Å². The zero-order valence-corrected chi connectivity index (χ0v) is 18.3. The second kappa shape index (κ2) is 6.85. The topological polar surface area (TPSA) is 37.3 Å². The molecule has 2 heteroatoms. The van der Waals surface area contributed by atoms with E-state index in [-0.39, 0.29) is 17.4 Å². The van der Waals surface area contributed by atoms with E-state index in [9.17, 15) is 9.90 Å². The first-order valence-corrected chi connectivity index (χ1v) is 11.9. The van der Waals surface area contributed by atoms with Gasteiger partial charge in [0.05, 0.1) is 6.10 Å². The van der Waals surface area contributed by atoms with Gasteiger partial charge in [-0.2, -0.15) is 0 Å². The highest BCUT2D eigenvalue weighted by Gasteiger charge is 2.62. The van der Waals surface area contributed by atoms with Crippen LogP contribution >= 0.6 is 0 Å². The fourth-order valence-electron chi connectivity index (χ4n) is 8.90. The van der Waals surface area contributed by atoms with E-state index in [1.54, 1.807) is 0 Å². The molecule has 0 radical (unpaired) electrons. The smallest absolute Gasteiger partial charge is 0.136 e. The number of hydrogen-bond acceptors (Lipinski definition) is 2. The predicted octanol–water partition coefficient (Wildman–Crippen LogP) is 5.87. The van der Waals surface area contributed by atoms with Gasteiger partial charge in [-0.1, -0.05) is 34.6 Å². The van der Waals surface area contributed by atoms with Crippen LogP contribution in [0.15, 0.2) is 0 Å². The summed E-state index contributed by atoms with van der Waals surface area (Å²) in [5, 5.41) is 10.2. The van der Waals surface area contributed by atoms with Crippen molar-refractivity contribution >= 4 is 5.78 Å².